The molecule has 110 valence electrons. The van der Waals surface area contributed by atoms with Crippen molar-refractivity contribution in [2.45, 2.75) is 25.2 Å². The van der Waals surface area contributed by atoms with Crippen LogP contribution in [0.15, 0.2) is 35.4 Å². The molecule has 0 amide bonds. The lowest BCUT2D eigenvalue weighted by Gasteiger charge is -2.24. The zero-order valence-corrected chi connectivity index (χ0v) is 12.2. The maximum absolute atomic E-state index is 11.5. The first kappa shape index (κ1) is 15.0. The number of hydrogen-bond acceptors (Lipinski definition) is 5. The molecule has 1 aromatic rings. The normalized spacial score (nSPS) is 22.5. The van der Waals surface area contributed by atoms with Gasteiger partial charge in [0.2, 0.25) is 0 Å². The average molecular weight is 298 g/mol. The summed E-state index contributed by atoms with van der Waals surface area (Å²) in [6.45, 7) is 3.37. The molecule has 0 aliphatic carbocycles. The summed E-state index contributed by atoms with van der Waals surface area (Å²) in [7, 11) is -4.34. The monoisotopic (exact) mass is 298 g/mol. The van der Waals surface area contributed by atoms with Gasteiger partial charge in [-0.05, 0) is 26.0 Å². The van der Waals surface area contributed by atoms with Gasteiger partial charge in [-0.1, -0.05) is 18.2 Å². The number of rotatable bonds is 4. The van der Waals surface area contributed by atoms with E-state index in [0.29, 0.717) is 12.3 Å². The van der Waals surface area contributed by atoms with Crippen molar-refractivity contribution in [3.05, 3.63) is 30.3 Å². The van der Waals surface area contributed by atoms with E-state index >= 15 is 0 Å². The fourth-order valence-electron chi connectivity index (χ4n) is 2.52. The highest BCUT2D eigenvalue weighted by molar-refractivity contribution is 7.86. The Morgan fingerprint density at radius 2 is 1.95 bits per heavy atom. The van der Waals surface area contributed by atoms with Crippen LogP contribution >= 0.6 is 0 Å². The van der Waals surface area contributed by atoms with E-state index in [1.54, 1.807) is 11.9 Å². The summed E-state index contributed by atoms with van der Waals surface area (Å²) in [5.41, 5.74) is 1.42. The van der Waals surface area contributed by atoms with E-state index in [4.69, 9.17) is 0 Å². The highest BCUT2D eigenvalue weighted by atomic mass is 32.2. The summed E-state index contributed by atoms with van der Waals surface area (Å²) in [4.78, 5) is 0. The molecule has 2 N–H and O–H groups in total. The van der Waals surface area contributed by atoms with Gasteiger partial charge >= 0.3 is 0 Å². The van der Waals surface area contributed by atoms with E-state index in [1.807, 2.05) is 30.3 Å². The Kier molecular flexibility index (Phi) is 4.12. The van der Waals surface area contributed by atoms with Crippen LogP contribution in [0.25, 0.3) is 0 Å². The van der Waals surface area contributed by atoms with Crippen molar-refractivity contribution in [2.24, 2.45) is 11.0 Å². The first-order valence-corrected chi connectivity index (χ1v) is 7.83. The molecule has 0 bridgehead atoms. The zero-order chi connectivity index (χ0) is 14.9. The molecule has 0 saturated heterocycles. The number of para-hydroxylation sites is 1. The third-order valence-electron chi connectivity index (χ3n) is 3.45. The molecule has 1 aliphatic heterocycles. The summed E-state index contributed by atoms with van der Waals surface area (Å²) in [5.74, 6) is -0.537. The number of benzene rings is 1. The molecule has 0 saturated carbocycles. The van der Waals surface area contributed by atoms with E-state index in [-0.39, 0.29) is 0 Å². The molecule has 0 radical (unpaired) electrons. The Hall–Kier alpha value is -1.44. The average Bonchev–Trinajstić information content (AvgIpc) is 2.70. The topological polar surface area (TPSA) is 90.2 Å². The van der Waals surface area contributed by atoms with Crippen LogP contribution in [0.3, 0.4) is 0 Å². The summed E-state index contributed by atoms with van der Waals surface area (Å²) in [5, 5.41) is 14.4. The zero-order valence-electron chi connectivity index (χ0n) is 11.3. The first-order chi connectivity index (χ1) is 9.30. The Bertz CT molecular complexity index is 598. The largest absolute Gasteiger partial charge is 0.392 e. The van der Waals surface area contributed by atoms with Crippen molar-refractivity contribution in [2.75, 3.05) is 11.6 Å². The smallest absolute Gasteiger partial charge is 0.271 e. The van der Waals surface area contributed by atoms with Gasteiger partial charge in [0.25, 0.3) is 10.1 Å². The van der Waals surface area contributed by atoms with Crippen LogP contribution in [0.2, 0.25) is 0 Å². The van der Waals surface area contributed by atoms with Crippen molar-refractivity contribution < 1.29 is 18.1 Å². The van der Waals surface area contributed by atoms with Crippen molar-refractivity contribution in [1.29, 1.82) is 0 Å². The number of hydrazone groups is 1. The second kappa shape index (κ2) is 5.51. The lowest BCUT2D eigenvalue weighted by molar-refractivity contribution is 0.173. The maximum Gasteiger partial charge on any atom is 0.271 e. The number of aliphatic hydroxyl groups excluding tert-OH is 1. The Labute approximate surface area is 118 Å². The van der Waals surface area contributed by atoms with Gasteiger partial charge in [0, 0.05) is 11.6 Å². The second-order valence-electron chi connectivity index (χ2n) is 4.99. The molecule has 1 heterocycles. The minimum absolute atomic E-state index is 0.311. The van der Waals surface area contributed by atoms with Gasteiger partial charge in [0.05, 0.1) is 18.3 Å². The number of aliphatic hydroxyl groups is 1. The van der Waals surface area contributed by atoms with Crippen molar-refractivity contribution in [3.63, 3.8) is 0 Å². The summed E-state index contributed by atoms with van der Waals surface area (Å²) < 4.78 is 32.3. The molecule has 2 rings (SSSR count). The Morgan fingerprint density at radius 3 is 2.45 bits per heavy atom. The summed E-state index contributed by atoms with van der Waals surface area (Å²) in [6, 6.07) is 9.34. The predicted octanol–water partition coefficient (Wildman–Crippen LogP) is 1.14. The Balaban J connectivity index is 2.27. The molecule has 1 aromatic carbocycles. The third kappa shape index (κ3) is 3.00. The van der Waals surface area contributed by atoms with Crippen LogP contribution in [0, 0.1) is 5.92 Å². The van der Waals surface area contributed by atoms with Crippen LogP contribution in [0.4, 0.5) is 5.69 Å². The van der Waals surface area contributed by atoms with Gasteiger partial charge in [-0.2, -0.15) is 13.5 Å². The minimum atomic E-state index is -4.34. The van der Waals surface area contributed by atoms with E-state index in [2.05, 4.69) is 5.10 Å². The number of hydrogen-bond donors (Lipinski definition) is 2. The molecule has 0 spiro atoms. The Morgan fingerprint density at radius 1 is 1.35 bits per heavy atom. The van der Waals surface area contributed by atoms with E-state index in [1.165, 1.54) is 6.92 Å². The van der Waals surface area contributed by atoms with Gasteiger partial charge in [0.15, 0.2) is 0 Å². The SMILES string of the molecule is CC1=NN(c2ccccc2)CC1[C@H]([C@H](C)O)S(=O)(=O)O. The molecule has 20 heavy (non-hydrogen) atoms. The van der Waals surface area contributed by atoms with Crippen molar-refractivity contribution in [1.82, 2.24) is 0 Å². The van der Waals surface area contributed by atoms with Crippen LogP contribution in [-0.4, -0.2) is 41.7 Å². The number of anilines is 1. The fraction of sp³-hybridized carbons (Fsp3) is 0.462. The van der Waals surface area contributed by atoms with E-state index < -0.39 is 27.4 Å². The lowest BCUT2D eigenvalue weighted by atomic mass is 9.97. The third-order valence-corrected chi connectivity index (χ3v) is 4.87. The molecule has 6 nitrogen and oxygen atoms in total. The standard InChI is InChI=1S/C13H18N2O4S/c1-9-12(13(10(2)16)20(17,18)19)8-15(14-9)11-6-4-3-5-7-11/h3-7,10,12-13,16H,8H2,1-2H3,(H,17,18,19)/t10-,12?,13-/m0/s1. The molecule has 1 unspecified atom stereocenters. The second-order valence-corrected chi connectivity index (χ2v) is 6.56. The molecular weight excluding hydrogens is 280 g/mol. The van der Waals surface area contributed by atoms with Gasteiger partial charge in [0.1, 0.15) is 5.25 Å². The molecular formula is C13H18N2O4S. The van der Waals surface area contributed by atoms with E-state index in [0.717, 1.165) is 5.69 Å². The summed E-state index contributed by atoms with van der Waals surface area (Å²) >= 11 is 0. The van der Waals surface area contributed by atoms with Gasteiger partial charge < -0.3 is 5.11 Å². The molecule has 1 aliphatic rings. The van der Waals surface area contributed by atoms with Crippen LogP contribution < -0.4 is 5.01 Å². The van der Waals surface area contributed by atoms with Crippen molar-refractivity contribution in [3.8, 4) is 0 Å². The molecule has 7 heteroatoms. The quantitative estimate of drug-likeness (QED) is 0.813. The molecule has 0 fully saturated rings. The molecule has 0 aromatic heterocycles. The number of nitrogens with zero attached hydrogens (tertiary/aromatic N) is 2. The van der Waals surface area contributed by atoms with Crippen LogP contribution in [0.1, 0.15) is 13.8 Å². The fourth-order valence-corrected chi connectivity index (χ4v) is 3.72. The predicted molar refractivity (Wildman–Crippen MR) is 77.4 cm³/mol. The van der Waals surface area contributed by atoms with E-state index in [9.17, 15) is 18.1 Å². The van der Waals surface area contributed by atoms with Crippen LogP contribution in [-0.2, 0) is 10.1 Å². The molecule has 3 atom stereocenters. The maximum atomic E-state index is 11.5. The van der Waals surface area contributed by atoms with Gasteiger partial charge in [-0.15, -0.1) is 0 Å². The highest BCUT2D eigenvalue weighted by Gasteiger charge is 2.41. The van der Waals surface area contributed by atoms with Crippen LogP contribution in [0.5, 0.6) is 0 Å². The minimum Gasteiger partial charge on any atom is -0.392 e. The highest BCUT2D eigenvalue weighted by Crippen LogP contribution is 2.28. The summed E-state index contributed by atoms with van der Waals surface area (Å²) in [6.07, 6.45) is -1.17. The lowest BCUT2D eigenvalue weighted by Crippen LogP contribution is -2.43. The van der Waals surface area contributed by atoms with Gasteiger partial charge in [-0.25, -0.2) is 0 Å². The van der Waals surface area contributed by atoms with Crippen molar-refractivity contribution >= 4 is 21.5 Å². The van der Waals surface area contributed by atoms with Gasteiger partial charge in [-0.3, -0.25) is 9.56 Å². The first-order valence-electron chi connectivity index (χ1n) is 6.32.